The van der Waals surface area contributed by atoms with Crippen LogP contribution in [0.2, 0.25) is 0 Å². The summed E-state index contributed by atoms with van der Waals surface area (Å²) < 4.78 is 0. The number of hydrogen-bond donors (Lipinski definition) is 1. The van der Waals surface area contributed by atoms with Gasteiger partial charge >= 0.3 is 0 Å². The first-order chi connectivity index (χ1) is 10.6. The van der Waals surface area contributed by atoms with Gasteiger partial charge in [0.15, 0.2) is 0 Å². The van der Waals surface area contributed by atoms with Crippen molar-refractivity contribution in [3.8, 4) is 0 Å². The summed E-state index contributed by atoms with van der Waals surface area (Å²) in [5.74, 6) is 0.186. The first-order valence-corrected chi connectivity index (χ1v) is 8.00. The van der Waals surface area contributed by atoms with E-state index in [1.54, 1.807) is 0 Å². The van der Waals surface area contributed by atoms with Crippen LogP contribution in [-0.4, -0.2) is 81.0 Å². The Balaban J connectivity index is 2.16. The van der Waals surface area contributed by atoms with Crippen LogP contribution in [0.4, 0.5) is 0 Å². The number of nitrogens with zero attached hydrogens (tertiary/aromatic N) is 3. The van der Waals surface area contributed by atoms with E-state index in [1.807, 2.05) is 37.2 Å². The molecule has 1 heterocycles. The van der Waals surface area contributed by atoms with Crippen molar-refractivity contribution in [1.29, 1.82) is 0 Å². The minimum atomic E-state index is -0.170. The van der Waals surface area contributed by atoms with Crippen molar-refractivity contribution in [3.05, 3.63) is 35.9 Å². The van der Waals surface area contributed by atoms with Crippen LogP contribution in [0, 0.1) is 0 Å². The summed E-state index contributed by atoms with van der Waals surface area (Å²) in [6, 6.07) is 9.98. The van der Waals surface area contributed by atoms with Gasteiger partial charge in [-0.2, -0.15) is 0 Å². The maximum atomic E-state index is 13.0. The Morgan fingerprint density at radius 1 is 1.23 bits per heavy atom. The number of benzene rings is 1. The Hall–Kier alpha value is -1.43. The third-order valence-electron chi connectivity index (χ3n) is 4.33. The molecule has 0 aliphatic carbocycles. The van der Waals surface area contributed by atoms with E-state index in [2.05, 4.69) is 34.3 Å². The molecular weight excluding hydrogens is 276 g/mol. The van der Waals surface area contributed by atoms with Crippen molar-refractivity contribution >= 4 is 5.91 Å². The van der Waals surface area contributed by atoms with E-state index in [9.17, 15) is 4.79 Å². The van der Waals surface area contributed by atoms with Gasteiger partial charge in [0.05, 0.1) is 0 Å². The van der Waals surface area contributed by atoms with Crippen molar-refractivity contribution in [2.24, 2.45) is 0 Å². The third kappa shape index (κ3) is 4.29. The minimum Gasteiger partial charge on any atom is -0.343 e. The Morgan fingerprint density at radius 3 is 2.45 bits per heavy atom. The zero-order chi connectivity index (χ0) is 15.9. The number of hydrogen-bond acceptors (Lipinski definition) is 4. The van der Waals surface area contributed by atoms with Gasteiger partial charge in [0.2, 0.25) is 5.91 Å². The summed E-state index contributed by atoms with van der Waals surface area (Å²) in [6.07, 6.45) is 0. The quantitative estimate of drug-likeness (QED) is 0.838. The highest BCUT2D eigenvalue weighted by atomic mass is 16.2. The molecule has 0 aromatic heterocycles. The second-order valence-electron chi connectivity index (χ2n) is 6.02. The van der Waals surface area contributed by atoms with Gasteiger partial charge in [0.1, 0.15) is 6.04 Å². The van der Waals surface area contributed by atoms with Gasteiger partial charge in [-0.25, -0.2) is 0 Å². The molecular formula is C17H28N4O. The molecule has 22 heavy (non-hydrogen) atoms. The van der Waals surface area contributed by atoms with Crippen molar-refractivity contribution in [2.75, 3.05) is 60.4 Å². The largest absolute Gasteiger partial charge is 0.343 e. The van der Waals surface area contributed by atoms with Gasteiger partial charge in [-0.3, -0.25) is 9.69 Å². The molecule has 2 rings (SSSR count). The first-order valence-electron chi connectivity index (χ1n) is 8.00. The average Bonchev–Trinajstić information content (AvgIpc) is 2.55. The fourth-order valence-corrected chi connectivity index (χ4v) is 2.82. The zero-order valence-electron chi connectivity index (χ0n) is 14.0. The number of carbonyl (C=O) groups excluding carboxylic acids is 1. The van der Waals surface area contributed by atoms with E-state index in [0.29, 0.717) is 0 Å². The van der Waals surface area contributed by atoms with Crippen molar-refractivity contribution < 1.29 is 4.79 Å². The SMILES string of the molecule is CNCCN(C)C(=O)C(c1ccccc1)N1CCN(C)CC1. The molecule has 1 atom stereocenters. The highest BCUT2D eigenvalue weighted by Gasteiger charge is 2.31. The fraction of sp³-hybridized carbons (Fsp3) is 0.588. The molecule has 1 aliphatic heterocycles. The molecule has 1 fully saturated rings. The maximum absolute atomic E-state index is 13.0. The highest BCUT2D eigenvalue weighted by molar-refractivity contribution is 5.83. The molecule has 1 saturated heterocycles. The lowest BCUT2D eigenvalue weighted by molar-refractivity contribution is -0.136. The fourth-order valence-electron chi connectivity index (χ4n) is 2.82. The molecule has 1 amide bonds. The summed E-state index contributed by atoms with van der Waals surface area (Å²) in [7, 11) is 5.94. The van der Waals surface area contributed by atoms with E-state index in [1.165, 1.54) is 0 Å². The number of likely N-dealkylation sites (N-methyl/N-ethyl adjacent to an activating group) is 3. The lowest BCUT2D eigenvalue weighted by Crippen LogP contribution is -2.50. The summed E-state index contributed by atoms with van der Waals surface area (Å²) >= 11 is 0. The van der Waals surface area contributed by atoms with E-state index < -0.39 is 0 Å². The Morgan fingerprint density at radius 2 is 1.86 bits per heavy atom. The van der Waals surface area contributed by atoms with Gasteiger partial charge in [0, 0.05) is 46.3 Å². The van der Waals surface area contributed by atoms with Crippen LogP contribution in [0.5, 0.6) is 0 Å². The Kier molecular flexibility index (Phi) is 6.36. The first kappa shape index (κ1) is 16.9. The Labute approximate surface area is 133 Å². The average molecular weight is 304 g/mol. The van der Waals surface area contributed by atoms with E-state index >= 15 is 0 Å². The third-order valence-corrected chi connectivity index (χ3v) is 4.33. The highest BCUT2D eigenvalue weighted by Crippen LogP contribution is 2.24. The number of nitrogens with one attached hydrogen (secondary N) is 1. The van der Waals surface area contributed by atoms with E-state index in [0.717, 1.165) is 44.8 Å². The van der Waals surface area contributed by atoms with Gasteiger partial charge in [-0.05, 0) is 19.7 Å². The van der Waals surface area contributed by atoms with Gasteiger partial charge in [-0.15, -0.1) is 0 Å². The van der Waals surface area contributed by atoms with Crippen LogP contribution in [0.3, 0.4) is 0 Å². The second-order valence-corrected chi connectivity index (χ2v) is 6.02. The molecule has 0 spiro atoms. The lowest BCUT2D eigenvalue weighted by atomic mass is 10.0. The number of carbonyl (C=O) groups is 1. The molecule has 1 aliphatic rings. The van der Waals surface area contributed by atoms with Crippen LogP contribution >= 0.6 is 0 Å². The molecule has 0 saturated carbocycles. The number of amides is 1. The summed E-state index contributed by atoms with van der Waals surface area (Å²) in [6.45, 7) is 5.43. The molecule has 1 unspecified atom stereocenters. The molecule has 122 valence electrons. The van der Waals surface area contributed by atoms with Crippen LogP contribution < -0.4 is 5.32 Å². The second kappa shape index (κ2) is 8.27. The smallest absolute Gasteiger partial charge is 0.244 e. The van der Waals surface area contributed by atoms with Crippen molar-refractivity contribution in [1.82, 2.24) is 20.0 Å². The zero-order valence-corrected chi connectivity index (χ0v) is 14.0. The van der Waals surface area contributed by atoms with Crippen LogP contribution in [0.15, 0.2) is 30.3 Å². The molecule has 5 nitrogen and oxygen atoms in total. The van der Waals surface area contributed by atoms with Crippen molar-refractivity contribution in [3.63, 3.8) is 0 Å². The van der Waals surface area contributed by atoms with Crippen LogP contribution in [0.25, 0.3) is 0 Å². The predicted octanol–water partition coefficient (Wildman–Crippen LogP) is 0.653. The molecule has 1 aromatic carbocycles. The monoisotopic (exact) mass is 304 g/mol. The number of piperazine rings is 1. The molecule has 1 N–H and O–H groups in total. The Bertz CT molecular complexity index is 457. The van der Waals surface area contributed by atoms with E-state index in [-0.39, 0.29) is 11.9 Å². The van der Waals surface area contributed by atoms with Crippen LogP contribution in [-0.2, 0) is 4.79 Å². The summed E-state index contributed by atoms with van der Waals surface area (Å²) in [4.78, 5) is 19.4. The lowest BCUT2D eigenvalue weighted by Gasteiger charge is -2.38. The predicted molar refractivity (Wildman–Crippen MR) is 89.8 cm³/mol. The molecule has 5 heteroatoms. The van der Waals surface area contributed by atoms with E-state index in [4.69, 9.17) is 0 Å². The minimum absolute atomic E-state index is 0.170. The molecule has 0 bridgehead atoms. The van der Waals surface area contributed by atoms with Gasteiger partial charge in [-0.1, -0.05) is 30.3 Å². The topological polar surface area (TPSA) is 38.8 Å². The standard InChI is InChI=1S/C17H28N4O/c1-18-9-10-20(3)17(22)16(15-7-5-4-6-8-15)21-13-11-19(2)12-14-21/h4-8,16,18H,9-14H2,1-3H3. The van der Waals surface area contributed by atoms with Crippen molar-refractivity contribution in [2.45, 2.75) is 6.04 Å². The maximum Gasteiger partial charge on any atom is 0.244 e. The van der Waals surface area contributed by atoms with Gasteiger partial charge in [0.25, 0.3) is 0 Å². The van der Waals surface area contributed by atoms with Gasteiger partial charge < -0.3 is 15.1 Å². The summed E-state index contributed by atoms with van der Waals surface area (Å²) in [5, 5.41) is 3.10. The summed E-state index contributed by atoms with van der Waals surface area (Å²) in [5.41, 5.74) is 1.09. The van der Waals surface area contributed by atoms with Crippen LogP contribution in [0.1, 0.15) is 11.6 Å². The number of rotatable bonds is 6. The molecule has 0 radical (unpaired) electrons. The normalized spacial score (nSPS) is 18.1. The molecule has 1 aromatic rings.